The standard InChI is InChI=1S/C24H23FN2O5S/c1-17-2-4-18(5-3-17)24(28)26-22-16-21(33(29,30)27-12-14-31-15-13-27)10-11-23(22)32-20-8-6-19(25)7-9-20/h2-11,16H,12-15H2,1H3,(H,26,28). The molecule has 9 heteroatoms. The number of rotatable bonds is 6. The van der Waals surface area contributed by atoms with Crippen LogP contribution in [-0.4, -0.2) is 44.9 Å². The predicted molar refractivity (Wildman–Crippen MR) is 122 cm³/mol. The molecule has 3 aromatic rings. The molecular weight excluding hydrogens is 447 g/mol. The molecule has 172 valence electrons. The number of carbonyl (C=O) groups excluding carboxylic acids is 1. The largest absolute Gasteiger partial charge is 0.455 e. The number of sulfonamides is 1. The van der Waals surface area contributed by atoms with Crippen LogP contribution in [0.1, 0.15) is 15.9 Å². The molecule has 0 bridgehead atoms. The van der Waals surface area contributed by atoms with Gasteiger partial charge >= 0.3 is 0 Å². The minimum Gasteiger partial charge on any atom is -0.455 e. The van der Waals surface area contributed by atoms with Gasteiger partial charge in [-0.1, -0.05) is 17.7 Å². The molecule has 4 rings (SSSR count). The van der Waals surface area contributed by atoms with Crippen LogP contribution in [0.3, 0.4) is 0 Å². The van der Waals surface area contributed by atoms with Crippen LogP contribution in [0.5, 0.6) is 11.5 Å². The first kappa shape index (κ1) is 22.9. The minimum absolute atomic E-state index is 0.0232. The van der Waals surface area contributed by atoms with E-state index in [9.17, 15) is 17.6 Å². The molecular formula is C24H23FN2O5S. The van der Waals surface area contributed by atoms with Crippen LogP contribution >= 0.6 is 0 Å². The zero-order valence-corrected chi connectivity index (χ0v) is 18.8. The molecule has 1 saturated heterocycles. The summed E-state index contributed by atoms with van der Waals surface area (Å²) in [6, 6.07) is 16.6. The van der Waals surface area contributed by atoms with Gasteiger partial charge in [-0.15, -0.1) is 0 Å². The van der Waals surface area contributed by atoms with Gasteiger partial charge in [-0.25, -0.2) is 12.8 Å². The third-order valence-corrected chi connectivity index (χ3v) is 7.06. The number of morpholine rings is 1. The van der Waals surface area contributed by atoms with Crippen LogP contribution in [0.2, 0.25) is 0 Å². The van der Waals surface area contributed by atoms with E-state index in [1.807, 2.05) is 19.1 Å². The second kappa shape index (κ2) is 9.70. The van der Waals surface area contributed by atoms with E-state index >= 15 is 0 Å². The van der Waals surface area contributed by atoms with E-state index < -0.39 is 21.7 Å². The van der Waals surface area contributed by atoms with Crippen molar-refractivity contribution in [3.05, 3.63) is 83.7 Å². The Hall–Kier alpha value is -3.27. The summed E-state index contributed by atoms with van der Waals surface area (Å²) < 4.78 is 51.9. The number of halogens is 1. The fourth-order valence-corrected chi connectivity index (χ4v) is 4.76. The second-order valence-electron chi connectivity index (χ2n) is 7.55. The summed E-state index contributed by atoms with van der Waals surface area (Å²) in [5, 5.41) is 2.75. The highest BCUT2D eigenvalue weighted by atomic mass is 32.2. The van der Waals surface area contributed by atoms with Crippen molar-refractivity contribution in [3.63, 3.8) is 0 Å². The molecule has 0 atom stereocenters. The Morgan fingerprint density at radius 2 is 1.67 bits per heavy atom. The number of benzene rings is 3. The summed E-state index contributed by atoms with van der Waals surface area (Å²) >= 11 is 0. The van der Waals surface area contributed by atoms with Crippen LogP contribution in [-0.2, 0) is 14.8 Å². The maximum absolute atomic E-state index is 13.3. The Bertz CT molecular complexity index is 1240. The summed E-state index contributed by atoms with van der Waals surface area (Å²) in [7, 11) is -3.79. The molecule has 0 unspecified atom stereocenters. The Balaban J connectivity index is 1.68. The number of nitrogens with one attached hydrogen (secondary N) is 1. The quantitative estimate of drug-likeness (QED) is 0.584. The minimum atomic E-state index is -3.79. The lowest BCUT2D eigenvalue weighted by Crippen LogP contribution is -2.40. The first-order chi connectivity index (χ1) is 15.8. The van der Waals surface area contributed by atoms with Crippen LogP contribution in [0.15, 0.2) is 71.6 Å². The fraction of sp³-hybridized carbons (Fsp3) is 0.208. The van der Waals surface area contributed by atoms with Gasteiger partial charge in [-0.05, 0) is 61.5 Å². The third kappa shape index (κ3) is 5.39. The van der Waals surface area contributed by atoms with Crippen molar-refractivity contribution in [2.24, 2.45) is 0 Å². The zero-order valence-electron chi connectivity index (χ0n) is 18.0. The predicted octanol–water partition coefficient (Wildman–Crippen LogP) is 4.20. The molecule has 1 N–H and O–H groups in total. The first-order valence-corrected chi connectivity index (χ1v) is 11.8. The van der Waals surface area contributed by atoms with Crippen molar-refractivity contribution in [1.29, 1.82) is 0 Å². The van der Waals surface area contributed by atoms with Gasteiger partial charge < -0.3 is 14.8 Å². The van der Waals surface area contributed by atoms with Gasteiger partial charge in [0.2, 0.25) is 10.0 Å². The molecule has 1 aliphatic rings. The molecule has 0 spiro atoms. The fourth-order valence-electron chi connectivity index (χ4n) is 3.32. The summed E-state index contributed by atoms with van der Waals surface area (Å²) in [5.41, 5.74) is 1.60. The van der Waals surface area contributed by atoms with E-state index in [2.05, 4.69) is 5.32 Å². The molecule has 1 fully saturated rings. The number of hydrogen-bond acceptors (Lipinski definition) is 5. The van der Waals surface area contributed by atoms with Crippen molar-refractivity contribution in [3.8, 4) is 11.5 Å². The van der Waals surface area contributed by atoms with E-state index in [0.717, 1.165) is 5.56 Å². The lowest BCUT2D eigenvalue weighted by molar-refractivity contribution is 0.0730. The molecule has 1 amide bonds. The lowest BCUT2D eigenvalue weighted by atomic mass is 10.1. The van der Waals surface area contributed by atoms with E-state index in [4.69, 9.17) is 9.47 Å². The molecule has 33 heavy (non-hydrogen) atoms. The van der Waals surface area contributed by atoms with Gasteiger partial charge in [0.1, 0.15) is 11.6 Å². The van der Waals surface area contributed by atoms with Crippen molar-refractivity contribution in [2.75, 3.05) is 31.6 Å². The molecule has 0 aromatic heterocycles. The van der Waals surface area contributed by atoms with E-state index in [0.29, 0.717) is 24.5 Å². The van der Waals surface area contributed by atoms with Crippen LogP contribution in [0, 0.1) is 12.7 Å². The maximum Gasteiger partial charge on any atom is 0.255 e. The molecule has 1 aliphatic heterocycles. The highest BCUT2D eigenvalue weighted by Crippen LogP contribution is 2.33. The molecule has 3 aromatic carbocycles. The van der Waals surface area contributed by atoms with Gasteiger partial charge in [0, 0.05) is 18.7 Å². The number of amides is 1. The lowest BCUT2D eigenvalue weighted by Gasteiger charge is -2.26. The highest BCUT2D eigenvalue weighted by Gasteiger charge is 2.27. The third-order valence-electron chi connectivity index (χ3n) is 5.16. The Morgan fingerprint density at radius 3 is 2.33 bits per heavy atom. The summed E-state index contributed by atoms with van der Waals surface area (Å²) in [4.78, 5) is 12.9. The molecule has 0 aliphatic carbocycles. The van der Waals surface area contributed by atoms with Crippen LogP contribution < -0.4 is 10.1 Å². The van der Waals surface area contributed by atoms with Crippen LogP contribution in [0.4, 0.5) is 10.1 Å². The molecule has 1 heterocycles. The van der Waals surface area contributed by atoms with E-state index in [-0.39, 0.29) is 29.4 Å². The topological polar surface area (TPSA) is 84.9 Å². The van der Waals surface area contributed by atoms with Gasteiger partial charge in [-0.3, -0.25) is 4.79 Å². The number of anilines is 1. The van der Waals surface area contributed by atoms with Crippen molar-refractivity contribution < 1.29 is 27.1 Å². The number of nitrogens with zero attached hydrogens (tertiary/aromatic N) is 1. The molecule has 7 nitrogen and oxygen atoms in total. The molecule has 0 radical (unpaired) electrons. The Labute approximate surface area is 191 Å². The summed E-state index contributed by atoms with van der Waals surface area (Å²) in [6.45, 7) is 3.06. The SMILES string of the molecule is Cc1ccc(C(=O)Nc2cc(S(=O)(=O)N3CCOCC3)ccc2Oc2ccc(F)cc2)cc1. The van der Waals surface area contributed by atoms with Crippen LogP contribution in [0.25, 0.3) is 0 Å². The normalized spacial score (nSPS) is 14.6. The van der Waals surface area contributed by atoms with Gasteiger partial charge in [0.15, 0.2) is 5.75 Å². The van der Waals surface area contributed by atoms with Gasteiger partial charge in [0.05, 0.1) is 23.8 Å². The van der Waals surface area contributed by atoms with E-state index in [1.165, 1.54) is 46.8 Å². The first-order valence-electron chi connectivity index (χ1n) is 10.4. The molecule has 0 saturated carbocycles. The average molecular weight is 471 g/mol. The zero-order chi connectivity index (χ0) is 23.4. The Morgan fingerprint density at radius 1 is 1.00 bits per heavy atom. The summed E-state index contributed by atoms with van der Waals surface area (Å²) in [6.07, 6.45) is 0. The second-order valence-corrected chi connectivity index (χ2v) is 9.49. The highest BCUT2D eigenvalue weighted by molar-refractivity contribution is 7.89. The Kier molecular flexibility index (Phi) is 6.73. The average Bonchev–Trinajstić information content (AvgIpc) is 2.82. The maximum atomic E-state index is 13.3. The monoisotopic (exact) mass is 470 g/mol. The number of aryl methyl sites for hydroxylation is 1. The van der Waals surface area contributed by atoms with Crippen molar-refractivity contribution in [1.82, 2.24) is 4.31 Å². The smallest absolute Gasteiger partial charge is 0.255 e. The van der Waals surface area contributed by atoms with Crippen molar-refractivity contribution in [2.45, 2.75) is 11.8 Å². The van der Waals surface area contributed by atoms with Gasteiger partial charge in [-0.2, -0.15) is 4.31 Å². The number of carbonyl (C=O) groups is 1. The van der Waals surface area contributed by atoms with Gasteiger partial charge in [0.25, 0.3) is 5.91 Å². The number of hydrogen-bond donors (Lipinski definition) is 1. The summed E-state index contributed by atoms with van der Waals surface area (Å²) in [5.74, 6) is -0.268. The van der Waals surface area contributed by atoms with Crippen molar-refractivity contribution >= 4 is 21.6 Å². The van der Waals surface area contributed by atoms with E-state index in [1.54, 1.807) is 12.1 Å². The number of ether oxygens (including phenoxy) is 2.